The zero-order valence-electron chi connectivity index (χ0n) is 14.3. The normalized spacial score (nSPS) is 11.3. The Labute approximate surface area is 159 Å². The van der Waals surface area contributed by atoms with Crippen LogP contribution in [0.1, 0.15) is 16.7 Å². The van der Waals surface area contributed by atoms with E-state index in [1.54, 1.807) is 4.68 Å². The topological polar surface area (TPSA) is 54.8 Å². The molecule has 9 heteroatoms. The van der Waals surface area contributed by atoms with Crippen LogP contribution in [0.4, 0.5) is 24.8 Å². The predicted molar refractivity (Wildman–Crippen MR) is 102 cm³/mol. The third-order valence-electron chi connectivity index (χ3n) is 3.71. The van der Waals surface area contributed by atoms with Crippen LogP contribution in [0.15, 0.2) is 54.9 Å². The van der Waals surface area contributed by atoms with Gasteiger partial charge in [-0.15, -0.1) is 5.10 Å². The van der Waals surface area contributed by atoms with E-state index in [9.17, 15) is 13.2 Å². The van der Waals surface area contributed by atoms with E-state index in [-0.39, 0.29) is 16.7 Å². The first-order valence-corrected chi connectivity index (χ1v) is 8.41. The minimum atomic E-state index is -4.48. The average Bonchev–Trinajstić information content (AvgIpc) is 3.03. The van der Waals surface area contributed by atoms with Gasteiger partial charge in [0.05, 0.1) is 17.8 Å². The van der Waals surface area contributed by atoms with E-state index in [0.29, 0.717) is 6.54 Å². The molecule has 3 aromatic rings. The summed E-state index contributed by atoms with van der Waals surface area (Å²) in [4.78, 5) is 4.07. The first kappa shape index (κ1) is 18.8. The Kier molecular flexibility index (Phi) is 5.41. The lowest BCUT2D eigenvalue weighted by molar-refractivity contribution is -0.136. The summed E-state index contributed by atoms with van der Waals surface area (Å²) in [6.45, 7) is 2.53. The van der Waals surface area contributed by atoms with E-state index < -0.39 is 11.7 Å². The summed E-state index contributed by atoms with van der Waals surface area (Å²) in [6.07, 6.45) is -2.96. The van der Waals surface area contributed by atoms with Gasteiger partial charge < -0.3 is 5.32 Å². The largest absolute Gasteiger partial charge is 0.418 e. The molecule has 0 amide bonds. The Morgan fingerprint density at radius 2 is 1.78 bits per heavy atom. The molecule has 0 aliphatic carbocycles. The van der Waals surface area contributed by atoms with Crippen LogP contribution < -0.4 is 10.6 Å². The van der Waals surface area contributed by atoms with Gasteiger partial charge in [0.2, 0.25) is 5.95 Å². The Hall–Kier alpha value is -2.94. The highest BCUT2D eigenvalue weighted by molar-refractivity contribution is 7.80. The van der Waals surface area contributed by atoms with E-state index in [4.69, 9.17) is 12.2 Å². The van der Waals surface area contributed by atoms with E-state index >= 15 is 0 Å². The number of aromatic nitrogens is 3. The van der Waals surface area contributed by atoms with Crippen molar-refractivity contribution in [3.05, 3.63) is 71.5 Å². The van der Waals surface area contributed by atoms with E-state index in [2.05, 4.69) is 20.7 Å². The van der Waals surface area contributed by atoms with Gasteiger partial charge in [0.25, 0.3) is 0 Å². The van der Waals surface area contributed by atoms with Crippen molar-refractivity contribution in [3.8, 4) is 0 Å². The molecular weight excluding hydrogens is 375 g/mol. The fraction of sp³-hybridized carbons (Fsp3) is 0.167. The number of anilines is 2. The molecule has 5 nitrogen and oxygen atoms in total. The maximum absolute atomic E-state index is 13.0. The van der Waals surface area contributed by atoms with Gasteiger partial charge in [0, 0.05) is 0 Å². The number of thiocarbonyl (C=S) groups is 1. The molecule has 3 rings (SSSR count). The average molecular weight is 391 g/mol. The number of benzene rings is 2. The third-order valence-corrected chi connectivity index (χ3v) is 3.91. The molecule has 0 bridgehead atoms. The van der Waals surface area contributed by atoms with Crippen LogP contribution in [0.25, 0.3) is 0 Å². The summed E-state index contributed by atoms with van der Waals surface area (Å²) in [5.74, 6) is 0.198. The molecule has 0 spiro atoms. The maximum Gasteiger partial charge on any atom is 0.418 e. The molecule has 0 atom stereocenters. The van der Waals surface area contributed by atoms with Crippen LogP contribution in [-0.2, 0) is 12.7 Å². The monoisotopic (exact) mass is 391 g/mol. The quantitative estimate of drug-likeness (QED) is 0.643. The van der Waals surface area contributed by atoms with Crippen molar-refractivity contribution in [1.82, 2.24) is 14.8 Å². The molecule has 2 N–H and O–H groups in total. The van der Waals surface area contributed by atoms with Crippen LogP contribution in [0.3, 0.4) is 0 Å². The molecule has 0 radical (unpaired) electrons. The smallest absolute Gasteiger partial charge is 0.332 e. The van der Waals surface area contributed by atoms with Gasteiger partial charge in [-0.2, -0.15) is 13.2 Å². The number of nitrogens with zero attached hydrogens (tertiary/aromatic N) is 3. The third kappa shape index (κ3) is 5.04. The van der Waals surface area contributed by atoms with E-state index in [1.807, 2.05) is 31.2 Å². The van der Waals surface area contributed by atoms with Gasteiger partial charge in [0.1, 0.15) is 6.33 Å². The van der Waals surface area contributed by atoms with Crippen LogP contribution in [-0.4, -0.2) is 19.9 Å². The molecule has 0 unspecified atom stereocenters. The number of nitrogens with one attached hydrogen (secondary N) is 2. The Bertz CT molecular complexity index is 935. The number of halogens is 3. The van der Waals surface area contributed by atoms with Crippen molar-refractivity contribution in [2.45, 2.75) is 19.6 Å². The second-order valence-corrected chi connectivity index (χ2v) is 6.28. The summed E-state index contributed by atoms with van der Waals surface area (Å²) in [7, 11) is 0. The molecule has 0 aliphatic heterocycles. The zero-order chi connectivity index (χ0) is 19.4. The molecule has 0 saturated carbocycles. The van der Waals surface area contributed by atoms with Gasteiger partial charge in [-0.3, -0.25) is 5.32 Å². The molecule has 0 saturated heterocycles. The SMILES string of the molecule is Cc1ccc(Cn2cnc(NC(=S)Nc3ccccc3C(F)(F)F)n2)cc1. The Balaban J connectivity index is 1.64. The minimum absolute atomic E-state index is 0.0280. The second kappa shape index (κ2) is 7.75. The molecule has 27 heavy (non-hydrogen) atoms. The van der Waals surface area contributed by atoms with E-state index in [0.717, 1.165) is 17.2 Å². The molecular formula is C18H16F3N5S. The number of aryl methyl sites for hydroxylation is 1. The number of hydrogen-bond acceptors (Lipinski definition) is 3. The molecule has 1 aromatic heterocycles. The standard InChI is InChI=1S/C18H16F3N5S/c1-12-6-8-13(9-7-12)10-26-11-22-16(25-26)24-17(27)23-15-5-3-2-4-14(15)18(19,20)21/h2-9,11H,10H2,1H3,(H2,23,24,25,27). The molecule has 140 valence electrons. The number of alkyl halides is 3. The first-order valence-electron chi connectivity index (χ1n) is 8.00. The zero-order valence-corrected chi connectivity index (χ0v) is 15.1. The van der Waals surface area contributed by atoms with Crippen molar-refractivity contribution in [3.63, 3.8) is 0 Å². The summed E-state index contributed by atoms with van der Waals surface area (Å²) >= 11 is 5.08. The molecule has 2 aromatic carbocycles. The highest BCUT2D eigenvalue weighted by Crippen LogP contribution is 2.34. The molecule has 0 aliphatic rings. The van der Waals surface area contributed by atoms with Gasteiger partial charge in [-0.1, -0.05) is 42.0 Å². The molecule has 1 heterocycles. The maximum atomic E-state index is 13.0. The second-order valence-electron chi connectivity index (χ2n) is 5.87. The van der Waals surface area contributed by atoms with Crippen molar-refractivity contribution in [1.29, 1.82) is 0 Å². The Morgan fingerprint density at radius 1 is 1.07 bits per heavy atom. The highest BCUT2D eigenvalue weighted by atomic mass is 32.1. The van der Waals surface area contributed by atoms with Crippen molar-refractivity contribution >= 4 is 29.0 Å². The van der Waals surface area contributed by atoms with Crippen LogP contribution in [0.2, 0.25) is 0 Å². The summed E-state index contributed by atoms with van der Waals surface area (Å²) < 4.78 is 40.7. The van der Waals surface area contributed by atoms with Crippen LogP contribution in [0, 0.1) is 6.92 Å². The van der Waals surface area contributed by atoms with Gasteiger partial charge in [-0.05, 0) is 36.8 Å². The lowest BCUT2D eigenvalue weighted by Gasteiger charge is -2.14. The van der Waals surface area contributed by atoms with Crippen molar-refractivity contribution in [2.24, 2.45) is 0 Å². The predicted octanol–water partition coefficient (Wildman–Crippen LogP) is 4.46. The Morgan fingerprint density at radius 3 is 2.48 bits per heavy atom. The summed E-state index contributed by atoms with van der Waals surface area (Å²) in [5, 5.41) is 9.43. The lowest BCUT2D eigenvalue weighted by Crippen LogP contribution is -2.22. The van der Waals surface area contributed by atoms with Crippen LogP contribution in [0.5, 0.6) is 0 Å². The summed E-state index contributed by atoms with van der Waals surface area (Å²) in [6, 6.07) is 13.1. The fourth-order valence-electron chi connectivity index (χ4n) is 2.40. The van der Waals surface area contributed by atoms with Crippen molar-refractivity contribution < 1.29 is 13.2 Å². The fourth-order valence-corrected chi connectivity index (χ4v) is 2.60. The number of para-hydroxylation sites is 1. The van der Waals surface area contributed by atoms with Gasteiger partial charge in [0.15, 0.2) is 5.11 Å². The van der Waals surface area contributed by atoms with Crippen LogP contribution >= 0.6 is 12.2 Å². The molecule has 0 fully saturated rings. The van der Waals surface area contributed by atoms with E-state index in [1.165, 1.54) is 24.5 Å². The van der Waals surface area contributed by atoms with Gasteiger partial charge >= 0.3 is 6.18 Å². The minimum Gasteiger partial charge on any atom is -0.332 e. The van der Waals surface area contributed by atoms with Crippen molar-refractivity contribution in [2.75, 3.05) is 10.6 Å². The number of hydrogen-bond donors (Lipinski definition) is 2. The first-order chi connectivity index (χ1) is 12.8. The lowest BCUT2D eigenvalue weighted by atomic mass is 10.1. The highest BCUT2D eigenvalue weighted by Gasteiger charge is 2.33. The van der Waals surface area contributed by atoms with Gasteiger partial charge in [-0.25, -0.2) is 9.67 Å². The number of rotatable bonds is 4. The summed E-state index contributed by atoms with van der Waals surface area (Å²) in [5.41, 5.74) is 1.28.